The molecule has 3 aromatic rings. The summed E-state index contributed by atoms with van der Waals surface area (Å²) in [6, 6.07) is 7.73. The Hall–Kier alpha value is -2.89. The van der Waals surface area contributed by atoms with Gasteiger partial charge < -0.3 is 14.5 Å². The van der Waals surface area contributed by atoms with Crippen LogP contribution in [0.5, 0.6) is 5.75 Å². The number of halogens is 1. The van der Waals surface area contributed by atoms with Crippen molar-refractivity contribution in [1.29, 1.82) is 0 Å². The zero-order valence-corrected chi connectivity index (χ0v) is 12.7. The number of hydrogen-bond acceptors (Lipinski definition) is 4. The summed E-state index contributed by atoms with van der Waals surface area (Å²) < 4.78 is 24.0. The van der Waals surface area contributed by atoms with Gasteiger partial charge in [0.1, 0.15) is 23.0 Å². The molecule has 0 spiro atoms. The first-order valence-corrected chi connectivity index (χ1v) is 7.04. The largest absolute Gasteiger partial charge is 0.496 e. The Morgan fingerprint density at radius 1 is 1.39 bits per heavy atom. The highest BCUT2D eigenvalue weighted by Gasteiger charge is 2.15. The van der Waals surface area contributed by atoms with Crippen molar-refractivity contribution < 1.29 is 18.3 Å². The van der Waals surface area contributed by atoms with Gasteiger partial charge in [-0.1, -0.05) is 0 Å². The summed E-state index contributed by atoms with van der Waals surface area (Å²) in [6.07, 6.45) is 1.54. The highest BCUT2D eigenvalue weighted by atomic mass is 19.1. The van der Waals surface area contributed by atoms with Gasteiger partial charge in [-0.2, -0.15) is 0 Å². The van der Waals surface area contributed by atoms with E-state index in [1.807, 2.05) is 0 Å². The molecule has 23 heavy (non-hydrogen) atoms. The van der Waals surface area contributed by atoms with Crippen LogP contribution in [0.4, 0.5) is 4.39 Å². The molecular weight excluding hydrogens is 299 g/mol. The standard InChI is InChI=1S/C17H15FN2O3/c1-10-6-11(18)7-13-15(22-2)8-14(20-16(10)13)17(21)19-9-12-4-3-5-23-12/h3-8H,9H2,1-2H3,(H,19,21). The molecule has 0 unspecified atom stereocenters. The zero-order valence-electron chi connectivity index (χ0n) is 12.7. The molecule has 1 N–H and O–H groups in total. The summed E-state index contributed by atoms with van der Waals surface area (Å²) in [7, 11) is 1.47. The molecule has 0 atom stereocenters. The van der Waals surface area contributed by atoms with Crippen molar-refractivity contribution in [3.8, 4) is 5.75 Å². The topological polar surface area (TPSA) is 64.4 Å². The predicted molar refractivity (Wildman–Crippen MR) is 82.9 cm³/mol. The Morgan fingerprint density at radius 2 is 2.22 bits per heavy atom. The summed E-state index contributed by atoms with van der Waals surface area (Å²) >= 11 is 0. The number of hydrogen-bond donors (Lipinski definition) is 1. The van der Waals surface area contributed by atoms with Crippen LogP contribution < -0.4 is 10.1 Å². The third kappa shape index (κ3) is 3.01. The molecule has 6 heteroatoms. The monoisotopic (exact) mass is 314 g/mol. The van der Waals surface area contributed by atoms with Gasteiger partial charge in [-0.05, 0) is 36.8 Å². The van der Waals surface area contributed by atoms with Gasteiger partial charge in [0.15, 0.2) is 0 Å². The molecule has 1 amide bonds. The Bertz CT molecular complexity index is 860. The number of carbonyl (C=O) groups excluding carboxylic acids is 1. The van der Waals surface area contributed by atoms with Crippen LogP contribution in [-0.4, -0.2) is 18.0 Å². The first-order chi connectivity index (χ1) is 11.1. The number of pyridine rings is 1. The molecule has 0 aliphatic heterocycles. The fraction of sp³-hybridized carbons (Fsp3) is 0.176. The number of amides is 1. The maximum absolute atomic E-state index is 13.6. The van der Waals surface area contributed by atoms with E-state index in [-0.39, 0.29) is 24.0 Å². The summed E-state index contributed by atoms with van der Waals surface area (Å²) in [4.78, 5) is 16.6. The van der Waals surface area contributed by atoms with Gasteiger partial charge in [-0.15, -0.1) is 0 Å². The molecule has 0 radical (unpaired) electrons. The Labute approximate surface area is 132 Å². The summed E-state index contributed by atoms with van der Waals surface area (Å²) in [6.45, 7) is 2.00. The minimum atomic E-state index is -0.370. The van der Waals surface area contributed by atoms with Crippen molar-refractivity contribution in [3.63, 3.8) is 0 Å². The van der Waals surface area contributed by atoms with Crippen molar-refractivity contribution in [2.24, 2.45) is 0 Å². The van der Waals surface area contributed by atoms with Crippen molar-refractivity contribution in [2.75, 3.05) is 7.11 Å². The van der Waals surface area contributed by atoms with Crippen molar-refractivity contribution in [1.82, 2.24) is 10.3 Å². The molecule has 0 saturated heterocycles. The minimum absolute atomic E-state index is 0.204. The van der Waals surface area contributed by atoms with E-state index in [0.717, 1.165) is 0 Å². The van der Waals surface area contributed by atoms with E-state index < -0.39 is 0 Å². The van der Waals surface area contributed by atoms with Crippen LogP contribution in [-0.2, 0) is 6.54 Å². The molecule has 2 aromatic heterocycles. The maximum atomic E-state index is 13.6. The van der Waals surface area contributed by atoms with E-state index in [2.05, 4.69) is 10.3 Å². The Balaban J connectivity index is 1.96. The van der Waals surface area contributed by atoms with E-state index in [1.54, 1.807) is 19.1 Å². The molecule has 0 aliphatic rings. The number of carbonyl (C=O) groups is 1. The molecule has 0 bridgehead atoms. The lowest BCUT2D eigenvalue weighted by Crippen LogP contribution is -2.23. The summed E-state index contributed by atoms with van der Waals surface area (Å²) in [5.41, 5.74) is 1.38. The molecule has 118 valence electrons. The Morgan fingerprint density at radius 3 is 2.91 bits per heavy atom. The third-order valence-electron chi connectivity index (χ3n) is 3.49. The number of aryl methyl sites for hydroxylation is 1. The smallest absolute Gasteiger partial charge is 0.270 e. The highest BCUT2D eigenvalue weighted by Crippen LogP contribution is 2.28. The lowest BCUT2D eigenvalue weighted by molar-refractivity contribution is 0.0943. The maximum Gasteiger partial charge on any atom is 0.270 e. The normalized spacial score (nSPS) is 10.7. The van der Waals surface area contributed by atoms with Gasteiger partial charge >= 0.3 is 0 Å². The second-order valence-electron chi connectivity index (χ2n) is 5.09. The van der Waals surface area contributed by atoms with E-state index >= 15 is 0 Å². The molecule has 1 aromatic carbocycles. The number of fused-ring (bicyclic) bond motifs is 1. The van der Waals surface area contributed by atoms with Crippen LogP contribution in [0.15, 0.2) is 41.0 Å². The SMILES string of the molecule is COc1cc(C(=O)NCc2ccco2)nc2c(C)cc(F)cc12. The van der Waals surface area contributed by atoms with E-state index in [1.165, 1.54) is 31.6 Å². The van der Waals surface area contributed by atoms with Crippen molar-refractivity contribution in [3.05, 3.63) is 59.4 Å². The molecule has 2 heterocycles. The second-order valence-corrected chi connectivity index (χ2v) is 5.09. The lowest BCUT2D eigenvalue weighted by Gasteiger charge is -2.10. The first-order valence-electron chi connectivity index (χ1n) is 7.04. The minimum Gasteiger partial charge on any atom is -0.496 e. The number of rotatable bonds is 4. The van der Waals surface area contributed by atoms with Gasteiger partial charge in [0.05, 0.1) is 25.4 Å². The molecule has 0 saturated carbocycles. The fourth-order valence-corrected chi connectivity index (χ4v) is 2.38. The summed E-state index contributed by atoms with van der Waals surface area (Å²) in [5.74, 6) is 0.320. The number of ether oxygens (including phenoxy) is 1. The highest BCUT2D eigenvalue weighted by molar-refractivity contribution is 5.97. The molecular formula is C17H15FN2O3. The number of nitrogens with zero attached hydrogens (tertiary/aromatic N) is 1. The predicted octanol–water partition coefficient (Wildman–Crippen LogP) is 3.21. The Kier molecular flexibility index (Phi) is 3.97. The van der Waals surface area contributed by atoms with Crippen LogP contribution in [0.3, 0.4) is 0 Å². The number of furan rings is 1. The lowest BCUT2D eigenvalue weighted by atomic mass is 10.1. The van der Waals surface area contributed by atoms with Gasteiger partial charge in [-0.25, -0.2) is 9.37 Å². The second kappa shape index (κ2) is 6.08. The van der Waals surface area contributed by atoms with Gasteiger partial charge in [0.2, 0.25) is 0 Å². The summed E-state index contributed by atoms with van der Waals surface area (Å²) in [5, 5.41) is 3.26. The van der Waals surface area contributed by atoms with E-state index in [0.29, 0.717) is 28.0 Å². The van der Waals surface area contributed by atoms with Gasteiger partial charge in [-0.3, -0.25) is 4.79 Å². The van der Waals surface area contributed by atoms with E-state index in [9.17, 15) is 9.18 Å². The van der Waals surface area contributed by atoms with Crippen LogP contribution in [0.2, 0.25) is 0 Å². The molecule has 3 rings (SSSR count). The van der Waals surface area contributed by atoms with Crippen LogP contribution in [0, 0.1) is 12.7 Å². The van der Waals surface area contributed by atoms with Crippen LogP contribution in [0.25, 0.3) is 10.9 Å². The number of benzene rings is 1. The number of aromatic nitrogens is 1. The van der Waals surface area contributed by atoms with Crippen molar-refractivity contribution >= 4 is 16.8 Å². The zero-order chi connectivity index (χ0) is 16.4. The average molecular weight is 314 g/mol. The number of nitrogens with one attached hydrogen (secondary N) is 1. The van der Waals surface area contributed by atoms with Crippen LogP contribution >= 0.6 is 0 Å². The van der Waals surface area contributed by atoms with E-state index in [4.69, 9.17) is 9.15 Å². The van der Waals surface area contributed by atoms with Crippen LogP contribution in [0.1, 0.15) is 21.8 Å². The van der Waals surface area contributed by atoms with Gasteiger partial charge in [0, 0.05) is 11.5 Å². The quantitative estimate of drug-likeness (QED) is 0.803. The third-order valence-corrected chi connectivity index (χ3v) is 3.49. The molecule has 0 fully saturated rings. The van der Waals surface area contributed by atoms with Gasteiger partial charge in [0.25, 0.3) is 5.91 Å². The first kappa shape index (κ1) is 15.0. The fourth-order valence-electron chi connectivity index (χ4n) is 2.38. The average Bonchev–Trinajstić information content (AvgIpc) is 3.05. The number of methoxy groups -OCH3 is 1. The molecule has 0 aliphatic carbocycles. The molecule has 5 nitrogen and oxygen atoms in total. The van der Waals surface area contributed by atoms with Crippen molar-refractivity contribution in [2.45, 2.75) is 13.5 Å².